The first-order valence-corrected chi connectivity index (χ1v) is 15.5. The Labute approximate surface area is 297 Å². The predicted octanol–water partition coefficient (Wildman–Crippen LogP) is 9.10. The van der Waals surface area contributed by atoms with Gasteiger partial charge in [0.25, 0.3) is 17.7 Å². The number of aromatic hydroxyl groups is 1. The Morgan fingerprint density at radius 2 is 0.943 bits per heavy atom. The number of alkyl halides is 6. The summed E-state index contributed by atoms with van der Waals surface area (Å²) in [5.41, 5.74) is -4.16. The first kappa shape index (κ1) is 37.6. The lowest BCUT2D eigenvalue weighted by Gasteiger charge is -2.19. The SMILES string of the molecule is CNc1ccc(-c2ccc(NC(=O)c3cccc(C(=O)Nc4ccc(O)c(NC(=O)c5cccc(C(C)=O)c5)c4)c3)cc2C(F)(F)F)c(C(F)(F)F)c1. The van der Waals surface area contributed by atoms with Gasteiger partial charge in [0.2, 0.25) is 0 Å². The molecule has 0 saturated carbocycles. The minimum Gasteiger partial charge on any atom is -0.506 e. The molecule has 53 heavy (non-hydrogen) atoms. The first-order valence-electron chi connectivity index (χ1n) is 15.5. The molecular weight excluding hydrogens is 706 g/mol. The number of rotatable bonds is 9. The quantitative estimate of drug-likeness (QED) is 0.0444. The van der Waals surface area contributed by atoms with E-state index >= 15 is 0 Å². The van der Waals surface area contributed by atoms with Gasteiger partial charge in [-0.1, -0.05) is 30.3 Å². The largest absolute Gasteiger partial charge is 0.506 e. The van der Waals surface area contributed by atoms with E-state index in [9.17, 15) is 50.6 Å². The highest BCUT2D eigenvalue weighted by molar-refractivity contribution is 6.10. The van der Waals surface area contributed by atoms with Crippen molar-refractivity contribution in [1.82, 2.24) is 0 Å². The summed E-state index contributed by atoms with van der Waals surface area (Å²) in [6.45, 7) is 1.34. The van der Waals surface area contributed by atoms with E-state index < -0.39 is 52.3 Å². The first-order chi connectivity index (χ1) is 24.9. The molecule has 0 saturated heterocycles. The van der Waals surface area contributed by atoms with Gasteiger partial charge in [-0.05, 0) is 90.8 Å². The number of anilines is 4. The van der Waals surface area contributed by atoms with Crippen molar-refractivity contribution < 1.29 is 50.6 Å². The van der Waals surface area contributed by atoms with Gasteiger partial charge in [-0.15, -0.1) is 0 Å². The van der Waals surface area contributed by atoms with Crippen molar-refractivity contribution in [2.24, 2.45) is 0 Å². The summed E-state index contributed by atoms with van der Waals surface area (Å²) >= 11 is 0. The molecule has 5 aromatic rings. The van der Waals surface area contributed by atoms with Crippen LogP contribution in [0.2, 0.25) is 0 Å². The fraction of sp³-hybridized carbons (Fsp3) is 0.105. The van der Waals surface area contributed by atoms with E-state index in [4.69, 9.17) is 0 Å². The molecule has 0 aliphatic carbocycles. The number of carbonyl (C=O) groups excluding carboxylic acids is 4. The van der Waals surface area contributed by atoms with Crippen LogP contribution in [0.25, 0.3) is 11.1 Å². The van der Waals surface area contributed by atoms with Gasteiger partial charge < -0.3 is 26.4 Å². The summed E-state index contributed by atoms with van der Waals surface area (Å²) in [6.07, 6.45) is -10.1. The molecule has 0 spiro atoms. The molecule has 0 aliphatic heterocycles. The third-order valence-electron chi connectivity index (χ3n) is 7.91. The number of halogens is 6. The number of hydrogen-bond acceptors (Lipinski definition) is 6. The number of ketones is 1. The van der Waals surface area contributed by atoms with Crippen molar-refractivity contribution in [2.45, 2.75) is 19.3 Å². The molecule has 0 bridgehead atoms. The molecule has 0 radical (unpaired) electrons. The highest BCUT2D eigenvalue weighted by Gasteiger charge is 2.39. The monoisotopic (exact) mass is 734 g/mol. The van der Waals surface area contributed by atoms with Crippen LogP contribution >= 0.6 is 0 Å². The third kappa shape index (κ3) is 8.81. The second-order valence-corrected chi connectivity index (χ2v) is 11.6. The van der Waals surface area contributed by atoms with E-state index in [0.29, 0.717) is 17.7 Å². The lowest BCUT2D eigenvalue weighted by molar-refractivity contribution is -0.139. The Balaban J connectivity index is 1.34. The molecule has 0 unspecified atom stereocenters. The normalized spacial score (nSPS) is 11.4. The molecule has 5 aromatic carbocycles. The topological polar surface area (TPSA) is 137 Å². The van der Waals surface area contributed by atoms with Gasteiger partial charge in [-0.3, -0.25) is 19.2 Å². The average Bonchev–Trinajstić information content (AvgIpc) is 3.12. The summed E-state index contributed by atoms with van der Waals surface area (Å²) in [5.74, 6) is -2.87. The van der Waals surface area contributed by atoms with Gasteiger partial charge in [-0.25, -0.2) is 0 Å². The Hall–Kier alpha value is -6.64. The van der Waals surface area contributed by atoms with Gasteiger partial charge in [0.05, 0.1) is 16.8 Å². The Morgan fingerprint density at radius 1 is 0.528 bits per heavy atom. The Bertz CT molecular complexity index is 2250. The average molecular weight is 735 g/mol. The number of phenols is 1. The van der Waals surface area contributed by atoms with Crippen LogP contribution in [-0.2, 0) is 12.4 Å². The van der Waals surface area contributed by atoms with Crippen LogP contribution in [0, 0.1) is 0 Å². The number of nitrogens with one attached hydrogen (secondary N) is 4. The van der Waals surface area contributed by atoms with Crippen molar-refractivity contribution in [1.29, 1.82) is 0 Å². The molecular formula is C38H28F6N4O5. The van der Waals surface area contributed by atoms with Crippen LogP contribution in [-0.4, -0.2) is 35.7 Å². The van der Waals surface area contributed by atoms with Gasteiger partial charge in [0, 0.05) is 46.4 Å². The fourth-order valence-corrected chi connectivity index (χ4v) is 5.26. The maximum atomic E-state index is 14.2. The number of benzene rings is 5. The fourth-order valence-electron chi connectivity index (χ4n) is 5.26. The maximum absolute atomic E-state index is 14.2. The number of amides is 3. The van der Waals surface area contributed by atoms with E-state index in [1.165, 1.54) is 80.7 Å². The third-order valence-corrected chi connectivity index (χ3v) is 7.91. The summed E-state index contributed by atoms with van der Waals surface area (Å²) < 4.78 is 84.2. The van der Waals surface area contributed by atoms with E-state index in [-0.39, 0.29) is 51.0 Å². The Morgan fingerprint density at radius 3 is 1.43 bits per heavy atom. The van der Waals surface area contributed by atoms with Crippen molar-refractivity contribution in [2.75, 3.05) is 28.3 Å². The van der Waals surface area contributed by atoms with Crippen LogP contribution in [0.3, 0.4) is 0 Å². The van der Waals surface area contributed by atoms with E-state index in [0.717, 1.165) is 24.3 Å². The van der Waals surface area contributed by atoms with Crippen LogP contribution in [0.15, 0.2) is 103 Å². The zero-order chi connectivity index (χ0) is 38.7. The second-order valence-electron chi connectivity index (χ2n) is 11.6. The zero-order valence-corrected chi connectivity index (χ0v) is 27.7. The second kappa shape index (κ2) is 14.9. The molecule has 272 valence electrons. The van der Waals surface area contributed by atoms with Gasteiger partial charge in [-0.2, -0.15) is 26.3 Å². The van der Waals surface area contributed by atoms with E-state index in [1.54, 1.807) is 0 Å². The Kier molecular flexibility index (Phi) is 10.6. The summed E-state index contributed by atoms with van der Waals surface area (Å²) in [7, 11) is 1.37. The minimum absolute atomic E-state index is 0.0421. The van der Waals surface area contributed by atoms with Crippen molar-refractivity contribution in [3.05, 3.63) is 137 Å². The van der Waals surface area contributed by atoms with Gasteiger partial charge in [0.15, 0.2) is 5.78 Å². The van der Waals surface area contributed by atoms with Crippen LogP contribution in [0.1, 0.15) is 59.5 Å². The lowest BCUT2D eigenvalue weighted by atomic mass is 9.93. The molecule has 0 aromatic heterocycles. The van der Waals surface area contributed by atoms with Crippen LogP contribution < -0.4 is 21.3 Å². The summed E-state index contributed by atoms with van der Waals surface area (Å²) in [4.78, 5) is 50.7. The maximum Gasteiger partial charge on any atom is 0.417 e. The predicted molar refractivity (Wildman–Crippen MR) is 186 cm³/mol. The smallest absolute Gasteiger partial charge is 0.417 e. The molecule has 5 N–H and O–H groups in total. The van der Waals surface area contributed by atoms with Crippen LogP contribution in [0.4, 0.5) is 49.1 Å². The lowest BCUT2D eigenvalue weighted by Crippen LogP contribution is -2.17. The number of carbonyl (C=O) groups is 4. The van der Waals surface area contributed by atoms with Crippen LogP contribution in [0.5, 0.6) is 5.75 Å². The van der Waals surface area contributed by atoms with Gasteiger partial charge >= 0.3 is 12.4 Å². The minimum atomic E-state index is -5.10. The molecule has 9 nitrogen and oxygen atoms in total. The molecule has 0 heterocycles. The molecule has 3 amide bonds. The van der Waals surface area contributed by atoms with E-state index in [2.05, 4.69) is 21.3 Å². The highest BCUT2D eigenvalue weighted by atomic mass is 19.4. The summed E-state index contributed by atoms with van der Waals surface area (Å²) in [6, 6.07) is 20.1. The summed E-state index contributed by atoms with van der Waals surface area (Å²) in [5, 5.41) is 20.2. The number of Topliss-reactive ketones (excluding diaryl/α,β-unsaturated/α-hetero) is 1. The van der Waals surface area contributed by atoms with Crippen molar-refractivity contribution in [3.63, 3.8) is 0 Å². The molecule has 0 atom stereocenters. The van der Waals surface area contributed by atoms with Crippen molar-refractivity contribution >= 4 is 46.3 Å². The molecule has 5 rings (SSSR count). The van der Waals surface area contributed by atoms with E-state index in [1.807, 2.05) is 0 Å². The zero-order valence-electron chi connectivity index (χ0n) is 27.7. The van der Waals surface area contributed by atoms with Crippen molar-refractivity contribution in [3.8, 4) is 16.9 Å². The molecule has 15 heteroatoms. The molecule has 0 aliphatic rings. The highest BCUT2D eigenvalue weighted by Crippen LogP contribution is 2.44. The number of phenolic OH excluding ortho intramolecular Hbond substituents is 1. The van der Waals surface area contributed by atoms with Gasteiger partial charge in [0.1, 0.15) is 5.75 Å². The standard InChI is InChI=1S/C38H28F6N4O5/c1-20(49)21-5-3-6-22(15-21)36(53)48-32-19-27(11-14-33(32)50)47-35(52)24-8-4-7-23(16-24)34(51)46-26-10-13-29(31(18-26)38(42,43)44)28-12-9-25(45-2)17-30(28)37(39,40)41/h3-19,45,50H,1-2H3,(H,46,51)(H,47,52)(H,48,53). The number of hydrogen-bond donors (Lipinski definition) is 5. The molecule has 0 fully saturated rings.